The van der Waals surface area contributed by atoms with Gasteiger partial charge >= 0.3 is 0 Å². The Morgan fingerprint density at radius 3 is 2.32 bits per heavy atom. The molecule has 1 aliphatic rings. The number of nitrogens with one attached hydrogen (secondary N) is 2. The number of rotatable bonds is 7. The summed E-state index contributed by atoms with van der Waals surface area (Å²) in [4.78, 5) is 9.90. The third-order valence-corrected chi connectivity index (χ3v) is 8.71. The average molecular weight is 539 g/mol. The van der Waals surface area contributed by atoms with Crippen molar-refractivity contribution in [3.8, 4) is 5.69 Å². The topological polar surface area (TPSA) is 102 Å². The van der Waals surface area contributed by atoms with Crippen molar-refractivity contribution in [2.75, 3.05) is 5.32 Å². The number of nitrogens with zero attached hydrogens (tertiary/aromatic N) is 4. The van der Waals surface area contributed by atoms with Gasteiger partial charge in [0.05, 0.1) is 21.7 Å². The molecule has 0 spiro atoms. The second-order valence-corrected chi connectivity index (χ2v) is 11.7. The maximum Gasteiger partial charge on any atom is 0.240 e. The molecule has 2 aromatic carbocycles. The number of benzene rings is 2. The van der Waals surface area contributed by atoms with Gasteiger partial charge in [-0.25, -0.2) is 27.8 Å². The molecule has 5 rings (SSSR count). The summed E-state index contributed by atoms with van der Waals surface area (Å²) in [5.74, 6) is 1.55. The molecule has 0 saturated heterocycles. The second-order valence-electron chi connectivity index (χ2n) is 9.59. The predicted octanol–water partition coefficient (Wildman–Crippen LogP) is 5.35. The van der Waals surface area contributed by atoms with Crippen LogP contribution in [0.1, 0.15) is 49.7 Å². The first kappa shape index (κ1) is 25.6. The first-order valence-electron chi connectivity index (χ1n) is 12.6. The van der Waals surface area contributed by atoms with Crippen LogP contribution >= 0.6 is 11.6 Å². The van der Waals surface area contributed by atoms with Gasteiger partial charge in [0.2, 0.25) is 10.0 Å². The Labute approximate surface area is 222 Å². The van der Waals surface area contributed by atoms with Crippen molar-refractivity contribution in [1.82, 2.24) is 24.5 Å². The van der Waals surface area contributed by atoms with Gasteiger partial charge in [-0.05, 0) is 75.4 Å². The number of fused-ring (bicyclic) bond motifs is 1. The molecule has 0 bridgehead atoms. The standard InChI is InChI=1S/C27H31ClN6O2S/c1-4-24-30-26(25-18(3)32-34(27(25)31-24)23-8-6-5-7-17(23)2)29-20-11-13-21(14-12-20)33-37(35,36)22-15-9-19(28)10-16-22/h5-10,15-16,20-21,33H,4,11-14H2,1-3H3,(H,29,30,31). The highest BCUT2D eigenvalue weighted by Gasteiger charge is 2.27. The molecule has 0 unspecified atom stereocenters. The first-order valence-corrected chi connectivity index (χ1v) is 14.5. The van der Waals surface area contributed by atoms with Gasteiger partial charge in [-0.3, -0.25) is 0 Å². The normalized spacial score (nSPS) is 18.3. The van der Waals surface area contributed by atoms with Crippen molar-refractivity contribution in [2.45, 2.75) is 69.9 Å². The molecule has 1 fully saturated rings. The summed E-state index contributed by atoms with van der Waals surface area (Å²) >= 11 is 5.90. The lowest BCUT2D eigenvalue weighted by molar-refractivity contribution is 0.387. The lowest BCUT2D eigenvalue weighted by atomic mass is 9.92. The SMILES string of the molecule is CCc1nc(NC2CCC(NS(=O)(=O)c3ccc(Cl)cc3)CC2)c2c(C)nn(-c3ccccc3C)c2n1. The highest BCUT2D eigenvalue weighted by Crippen LogP contribution is 2.30. The van der Waals surface area contributed by atoms with Gasteiger partial charge in [-0.1, -0.05) is 36.7 Å². The summed E-state index contributed by atoms with van der Waals surface area (Å²) in [5.41, 5.74) is 3.79. The Balaban J connectivity index is 1.34. The number of aryl methyl sites for hydroxylation is 3. The molecule has 0 atom stereocenters. The van der Waals surface area contributed by atoms with Gasteiger partial charge < -0.3 is 5.32 Å². The number of aromatic nitrogens is 4. The van der Waals surface area contributed by atoms with E-state index in [9.17, 15) is 8.42 Å². The fraction of sp³-hybridized carbons (Fsp3) is 0.370. The van der Waals surface area contributed by atoms with E-state index in [1.165, 1.54) is 12.1 Å². The summed E-state index contributed by atoms with van der Waals surface area (Å²) in [6, 6.07) is 14.5. The zero-order valence-electron chi connectivity index (χ0n) is 21.2. The summed E-state index contributed by atoms with van der Waals surface area (Å²) in [5, 5.41) is 9.90. The fourth-order valence-electron chi connectivity index (χ4n) is 4.91. The third kappa shape index (κ3) is 5.35. The van der Waals surface area contributed by atoms with E-state index in [-0.39, 0.29) is 17.0 Å². The van der Waals surface area contributed by atoms with Crippen LogP contribution in [0.15, 0.2) is 53.4 Å². The largest absolute Gasteiger partial charge is 0.367 e. The zero-order valence-corrected chi connectivity index (χ0v) is 22.8. The van der Waals surface area contributed by atoms with E-state index in [2.05, 4.69) is 29.1 Å². The Kier molecular flexibility index (Phi) is 7.20. The number of hydrogen-bond acceptors (Lipinski definition) is 6. The van der Waals surface area contributed by atoms with Crippen molar-refractivity contribution < 1.29 is 8.42 Å². The molecule has 1 aliphatic carbocycles. The third-order valence-electron chi connectivity index (χ3n) is 6.92. The molecular weight excluding hydrogens is 508 g/mol. The van der Waals surface area contributed by atoms with Crippen LogP contribution in [-0.4, -0.2) is 40.2 Å². The first-order chi connectivity index (χ1) is 17.7. The minimum Gasteiger partial charge on any atom is -0.367 e. The van der Waals surface area contributed by atoms with Gasteiger partial charge in [-0.15, -0.1) is 0 Å². The summed E-state index contributed by atoms with van der Waals surface area (Å²) in [6.45, 7) is 6.10. The van der Waals surface area contributed by atoms with E-state index >= 15 is 0 Å². The van der Waals surface area contributed by atoms with Crippen molar-refractivity contribution in [3.05, 3.63) is 70.6 Å². The van der Waals surface area contributed by atoms with Gasteiger partial charge in [0.25, 0.3) is 0 Å². The van der Waals surface area contributed by atoms with Crippen LogP contribution in [0.3, 0.4) is 0 Å². The Morgan fingerprint density at radius 1 is 0.973 bits per heavy atom. The van der Waals surface area contributed by atoms with E-state index < -0.39 is 10.0 Å². The molecule has 37 heavy (non-hydrogen) atoms. The van der Waals surface area contributed by atoms with E-state index in [4.69, 9.17) is 26.7 Å². The Morgan fingerprint density at radius 2 is 1.65 bits per heavy atom. The van der Waals surface area contributed by atoms with Crippen molar-refractivity contribution in [1.29, 1.82) is 0 Å². The van der Waals surface area contributed by atoms with Crippen molar-refractivity contribution >= 4 is 38.5 Å². The molecule has 8 nitrogen and oxygen atoms in total. The van der Waals surface area contributed by atoms with E-state index in [1.807, 2.05) is 30.7 Å². The number of anilines is 1. The molecule has 194 valence electrons. The number of para-hydroxylation sites is 1. The van der Waals surface area contributed by atoms with Crippen molar-refractivity contribution in [2.24, 2.45) is 0 Å². The monoisotopic (exact) mass is 538 g/mol. The highest BCUT2D eigenvalue weighted by molar-refractivity contribution is 7.89. The highest BCUT2D eigenvalue weighted by atomic mass is 35.5. The molecule has 2 aromatic heterocycles. The molecule has 2 heterocycles. The van der Waals surface area contributed by atoms with Crippen LogP contribution < -0.4 is 10.0 Å². The molecule has 2 N–H and O–H groups in total. The van der Waals surface area contributed by atoms with E-state index in [1.54, 1.807) is 12.1 Å². The Hall–Kier alpha value is -3.01. The molecule has 0 aliphatic heterocycles. The van der Waals surface area contributed by atoms with Crippen LogP contribution in [0.25, 0.3) is 16.7 Å². The second kappa shape index (κ2) is 10.4. The van der Waals surface area contributed by atoms with Crippen LogP contribution in [0.4, 0.5) is 5.82 Å². The Bertz CT molecular complexity index is 1530. The maximum atomic E-state index is 12.8. The molecular formula is C27H31ClN6O2S. The maximum absolute atomic E-state index is 12.8. The lowest BCUT2D eigenvalue weighted by Gasteiger charge is -2.30. The molecule has 10 heteroatoms. The average Bonchev–Trinajstić information content (AvgIpc) is 3.21. The lowest BCUT2D eigenvalue weighted by Crippen LogP contribution is -2.40. The van der Waals surface area contributed by atoms with Crippen molar-refractivity contribution in [3.63, 3.8) is 0 Å². The predicted molar refractivity (Wildman–Crippen MR) is 147 cm³/mol. The molecule has 1 saturated carbocycles. The molecule has 4 aromatic rings. The van der Waals surface area contributed by atoms with Gasteiger partial charge in [0.15, 0.2) is 5.65 Å². The fourth-order valence-corrected chi connectivity index (χ4v) is 6.34. The van der Waals surface area contributed by atoms with Crippen LogP contribution in [0, 0.1) is 13.8 Å². The minimum atomic E-state index is -3.58. The summed E-state index contributed by atoms with van der Waals surface area (Å²) in [6.07, 6.45) is 3.83. The van der Waals surface area contributed by atoms with Gasteiger partial charge in [0, 0.05) is 23.5 Å². The molecule has 0 amide bonds. The van der Waals surface area contributed by atoms with Crippen LogP contribution in [0.2, 0.25) is 5.02 Å². The number of halogens is 1. The van der Waals surface area contributed by atoms with Crippen LogP contribution in [0.5, 0.6) is 0 Å². The summed E-state index contributed by atoms with van der Waals surface area (Å²) < 4.78 is 30.3. The quantitative estimate of drug-likeness (QED) is 0.329. The minimum absolute atomic E-state index is 0.110. The number of hydrogen-bond donors (Lipinski definition) is 2. The van der Waals surface area contributed by atoms with Gasteiger partial charge in [-0.2, -0.15) is 5.10 Å². The zero-order chi connectivity index (χ0) is 26.2. The number of sulfonamides is 1. The summed E-state index contributed by atoms with van der Waals surface area (Å²) in [7, 11) is -3.58. The van der Waals surface area contributed by atoms with Gasteiger partial charge in [0.1, 0.15) is 11.6 Å². The van der Waals surface area contributed by atoms with E-state index in [0.29, 0.717) is 11.4 Å². The molecule has 0 radical (unpaired) electrons. The van der Waals surface area contributed by atoms with E-state index in [0.717, 1.165) is 65.3 Å². The smallest absolute Gasteiger partial charge is 0.240 e. The van der Waals surface area contributed by atoms with Crippen LogP contribution in [-0.2, 0) is 16.4 Å².